The molecule has 0 radical (unpaired) electrons. The van der Waals surface area contributed by atoms with Crippen molar-refractivity contribution in [2.75, 3.05) is 6.61 Å². The minimum atomic E-state index is -4.61. The van der Waals surface area contributed by atoms with Gasteiger partial charge in [0, 0.05) is 0 Å². The van der Waals surface area contributed by atoms with E-state index in [0.29, 0.717) is 4.48 Å². The van der Waals surface area contributed by atoms with Gasteiger partial charge >= 0.3 is 125 Å². The Balaban J connectivity index is 2.29. The molecule has 2 rings (SSSR count). The molecule has 1 aromatic heterocycles. The summed E-state index contributed by atoms with van der Waals surface area (Å²) >= 11 is 1.13. The molecule has 0 bridgehead atoms. The number of halogens is 3. The van der Waals surface area contributed by atoms with Crippen LogP contribution in [0.1, 0.15) is 19.1 Å². The third-order valence-corrected chi connectivity index (χ3v) is 4.01. The van der Waals surface area contributed by atoms with Crippen molar-refractivity contribution in [1.82, 2.24) is 9.55 Å². The molecule has 21 heavy (non-hydrogen) atoms. The van der Waals surface area contributed by atoms with Crippen molar-refractivity contribution in [1.29, 1.82) is 0 Å². The Bertz CT molecular complexity index is 579. The minimum absolute atomic E-state index is 0.230. The summed E-state index contributed by atoms with van der Waals surface area (Å²) < 4.78 is 44.5. The van der Waals surface area contributed by atoms with E-state index in [0.717, 1.165) is 21.4 Å². The van der Waals surface area contributed by atoms with Gasteiger partial charge in [-0.25, -0.2) is 0 Å². The number of alkyl halides is 3. The second-order valence-electron chi connectivity index (χ2n) is 4.88. The molecule has 1 unspecified atom stereocenters. The molecule has 1 aliphatic heterocycles. The molecule has 4 atom stereocenters. The van der Waals surface area contributed by atoms with Crippen molar-refractivity contribution < 1.29 is 28.1 Å². The molecule has 0 spiro atoms. The van der Waals surface area contributed by atoms with Crippen LogP contribution < -0.4 is 10.2 Å². The van der Waals surface area contributed by atoms with E-state index in [1.54, 1.807) is 0 Å². The van der Waals surface area contributed by atoms with E-state index in [-0.39, 0.29) is 6.42 Å². The van der Waals surface area contributed by atoms with Crippen molar-refractivity contribution in [3.05, 3.63) is 22.7 Å². The van der Waals surface area contributed by atoms with Gasteiger partial charge in [0.15, 0.2) is 0 Å². The van der Waals surface area contributed by atoms with Crippen molar-refractivity contribution in [3.63, 3.8) is 0 Å². The summed E-state index contributed by atoms with van der Waals surface area (Å²) in [6.07, 6.45) is -7.62. The fraction of sp³-hybridized carbons (Fsp3) is 0.636. The van der Waals surface area contributed by atoms with Crippen molar-refractivity contribution in [2.24, 2.45) is 0 Å². The Hall–Kier alpha value is -0.892. The van der Waals surface area contributed by atoms with Gasteiger partial charge in [0.2, 0.25) is 0 Å². The molecule has 1 aromatic rings. The van der Waals surface area contributed by atoms with Gasteiger partial charge in [-0.1, -0.05) is 0 Å². The van der Waals surface area contributed by atoms with Gasteiger partial charge in [-0.3, -0.25) is 0 Å². The maximum absolute atomic E-state index is 12.6. The van der Waals surface area contributed by atoms with Crippen LogP contribution in [0.25, 0.3) is 0 Å². The van der Waals surface area contributed by atoms with E-state index in [2.05, 4.69) is 4.98 Å². The molecule has 1 saturated heterocycles. The number of hydrogen-bond donors (Lipinski definition) is 2. The third-order valence-electron chi connectivity index (χ3n) is 3.33. The Kier molecular flexibility index (Phi) is 4.49. The standard InChI is InChI=1S/C11H14AsF3N2O4/c12-7-1-2-17(9(20)16-7)8-3-6(19)10(5-18,21-8)4-11(13,14)15/h1-2,6,8,18-19H,3-5,12H2/t6-,8+,10+/m0/s1. The number of aliphatic hydroxyl groups is 2. The van der Waals surface area contributed by atoms with Crippen LogP contribution in [-0.4, -0.2) is 61.1 Å². The summed E-state index contributed by atoms with van der Waals surface area (Å²) in [5.41, 5.74) is -2.83. The normalized spacial score (nSPS) is 29.8. The zero-order chi connectivity index (χ0) is 15.8. The number of aliphatic hydroxyl groups excluding tert-OH is 2. The van der Waals surface area contributed by atoms with Crippen LogP contribution in [0.3, 0.4) is 0 Å². The first-order valence-electron chi connectivity index (χ1n) is 6.05. The monoisotopic (exact) mass is 370 g/mol. The van der Waals surface area contributed by atoms with Crippen LogP contribution in [0, 0.1) is 0 Å². The molecular formula is C11H14AsF3N2O4. The van der Waals surface area contributed by atoms with E-state index in [1.807, 2.05) is 0 Å². The third kappa shape index (κ3) is 3.48. The van der Waals surface area contributed by atoms with E-state index >= 15 is 0 Å². The van der Waals surface area contributed by atoms with Gasteiger partial charge in [0.1, 0.15) is 0 Å². The number of nitrogens with zero attached hydrogens (tertiary/aromatic N) is 2. The Morgan fingerprint density at radius 3 is 2.76 bits per heavy atom. The first-order valence-corrected chi connectivity index (χ1v) is 7.26. The molecule has 0 saturated carbocycles. The number of ether oxygens (including phenoxy) is 1. The van der Waals surface area contributed by atoms with Gasteiger partial charge in [0.05, 0.1) is 0 Å². The summed E-state index contributed by atoms with van der Waals surface area (Å²) in [5.74, 6) is 0. The summed E-state index contributed by atoms with van der Waals surface area (Å²) in [6.45, 7) is -0.999. The Labute approximate surface area is 126 Å². The summed E-state index contributed by atoms with van der Waals surface area (Å²) in [4.78, 5) is 15.4. The predicted molar refractivity (Wildman–Crippen MR) is 67.9 cm³/mol. The van der Waals surface area contributed by atoms with Gasteiger partial charge in [0.25, 0.3) is 0 Å². The zero-order valence-electron chi connectivity index (χ0n) is 10.7. The predicted octanol–water partition coefficient (Wildman–Crippen LogP) is -1.54. The maximum atomic E-state index is 12.6. The van der Waals surface area contributed by atoms with Crippen molar-refractivity contribution >= 4 is 21.3 Å². The fourth-order valence-corrected chi connectivity index (χ4v) is 2.73. The molecule has 118 valence electrons. The topological polar surface area (TPSA) is 84.6 Å². The van der Waals surface area contributed by atoms with E-state index in [1.165, 1.54) is 12.3 Å². The summed E-state index contributed by atoms with van der Waals surface area (Å²) in [7, 11) is 0. The summed E-state index contributed by atoms with van der Waals surface area (Å²) in [6, 6.07) is 1.53. The Morgan fingerprint density at radius 2 is 2.24 bits per heavy atom. The molecule has 0 aliphatic carbocycles. The van der Waals surface area contributed by atoms with Gasteiger partial charge in [-0.15, -0.1) is 0 Å². The van der Waals surface area contributed by atoms with Gasteiger partial charge in [-0.05, 0) is 0 Å². The number of hydrogen-bond acceptors (Lipinski definition) is 5. The quantitative estimate of drug-likeness (QED) is 0.631. The van der Waals surface area contributed by atoms with E-state index in [4.69, 9.17) is 4.74 Å². The van der Waals surface area contributed by atoms with E-state index in [9.17, 15) is 28.2 Å². The van der Waals surface area contributed by atoms with Crippen molar-refractivity contribution in [3.8, 4) is 0 Å². The number of rotatable bonds is 3. The number of aromatic nitrogens is 2. The summed E-state index contributed by atoms with van der Waals surface area (Å²) in [5, 5.41) is 19.1. The molecule has 1 aliphatic rings. The molecule has 2 N–H and O–H groups in total. The van der Waals surface area contributed by atoms with Crippen LogP contribution in [0.15, 0.2) is 17.1 Å². The van der Waals surface area contributed by atoms with Crippen LogP contribution >= 0.6 is 0 Å². The molecular weight excluding hydrogens is 356 g/mol. The first-order chi connectivity index (χ1) is 9.67. The SMILES string of the molecule is O=c1nc([AsH2])ccn1[C@H]1C[C@H](O)[C@](CO)(CC(F)(F)F)O1. The molecule has 0 amide bonds. The van der Waals surface area contributed by atoms with Gasteiger partial charge < -0.3 is 0 Å². The molecule has 10 heteroatoms. The van der Waals surface area contributed by atoms with E-state index < -0.39 is 42.8 Å². The second-order valence-corrected chi connectivity index (χ2v) is 6.12. The van der Waals surface area contributed by atoms with Crippen LogP contribution in [0.2, 0.25) is 0 Å². The molecule has 6 nitrogen and oxygen atoms in total. The van der Waals surface area contributed by atoms with Crippen LogP contribution in [-0.2, 0) is 4.74 Å². The van der Waals surface area contributed by atoms with Crippen LogP contribution in [0.5, 0.6) is 0 Å². The Morgan fingerprint density at radius 1 is 1.57 bits per heavy atom. The zero-order valence-corrected chi connectivity index (χ0v) is 13.2. The van der Waals surface area contributed by atoms with Crippen molar-refractivity contribution in [2.45, 2.75) is 37.0 Å². The molecule has 1 fully saturated rings. The first kappa shape index (κ1) is 16.5. The van der Waals surface area contributed by atoms with Crippen LogP contribution in [0.4, 0.5) is 13.2 Å². The average molecular weight is 370 g/mol. The molecule has 0 aromatic carbocycles. The average Bonchev–Trinajstić information content (AvgIpc) is 2.65. The van der Waals surface area contributed by atoms with Gasteiger partial charge in [-0.2, -0.15) is 0 Å². The second kappa shape index (κ2) is 5.72. The fourth-order valence-electron chi connectivity index (χ4n) is 2.32. The molecule has 2 heterocycles.